The van der Waals surface area contributed by atoms with Gasteiger partial charge in [0.1, 0.15) is 10.7 Å². The summed E-state index contributed by atoms with van der Waals surface area (Å²) in [5.41, 5.74) is 1.90. The summed E-state index contributed by atoms with van der Waals surface area (Å²) in [7, 11) is 0. The smallest absolute Gasteiger partial charge is 0.261 e. The van der Waals surface area contributed by atoms with Crippen LogP contribution in [-0.2, 0) is 4.79 Å². The van der Waals surface area contributed by atoms with Gasteiger partial charge in [-0.25, -0.2) is 9.97 Å². The Morgan fingerprint density at radius 3 is 2.44 bits per heavy atom. The topological polar surface area (TPSA) is 84.0 Å². The molecule has 0 radical (unpaired) electrons. The van der Waals surface area contributed by atoms with Gasteiger partial charge in [-0.05, 0) is 45.1 Å². The number of amides is 2. The Bertz CT molecular complexity index is 882. The number of fused-ring (bicyclic) bond motifs is 1. The van der Waals surface area contributed by atoms with Crippen LogP contribution in [0.1, 0.15) is 71.2 Å². The predicted molar refractivity (Wildman–Crippen MR) is 106 cm³/mol. The van der Waals surface area contributed by atoms with Crippen molar-refractivity contribution in [1.29, 1.82) is 0 Å². The van der Waals surface area contributed by atoms with Crippen molar-refractivity contribution in [3.05, 3.63) is 22.0 Å². The van der Waals surface area contributed by atoms with Crippen LogP contribution >= 0.6 is 11.3 Å². The van der Waals surface area contributed by atoms with Gasteiger partial charge in [-0.2, -0.15) is 0 Å². The predicted octanol–water partition coefficient (Wildman–Crippen LogP) is 3.22. The zero-order valence-electron chi connectivity index (χ0n) is 15.9. The maximum Gasteiger partial charge on any atom is 0.261 e. The molecule has 2 amide bonds. The molecule has 0 atom stereocenters. The van der Waals surface area contributed by atoms with Crippen molar-refractivity contribution in [1.82, 2.24) is 20.6 Å². The molecule has 2 aromatic rings. The third kappa shape index (κ3) is 3.83. The van der Waals surface area contributed by atoms with Gasteiger partial charge in [-0.1, -0.05) is 12.8 Å². The van der Waals surface area contributed by atoms with Crippen molar-refractivity contribution in [2.45, 2.75) is 58.3 Å². The molecular weight excluding hydrogens is 360 g/mol. The molecule has 2 saturated carbocycles. The van der Waals surface area contributed by atoms with E-state index in [4.69, 9.17) is 4.98 Å². The molecule has 2 fully saturated rings. The van der Waals surface area contributed by atoms with Crippen LogP contribution in [0.4, 0.5) is 0 Å². The molecule has 27 heavy (non-hydrogen) atoms. The molecule has 7 heteroatoms. The number of hydrogen-bond acceptors (Lipinski definition) is 5. The van der Waals surface area contributed by atoms with Gasteiger partial charge in [-0.15, -0.1) is 11.3 Å². The Morgan fingerprint density at radius 2 is 1.74 bits per heavy atom. The zero-order valence-corrected chi connectivity index (χ0v) is 16.7. The SMILES string of the molecule is Cc1nc(C2CC2)nc2sc(C(=O)NCCNC(=O)C3CCCC3)c(C)c12. The Morgan fingerprint density at radius 1 is 1.04 bits per heavy atom. The third-order valence-corrected chi connectivity index (χ3v) is 6.76. The minimum Gasteiger partial charge on any atom is -0.354 e. The molecule has 2 heterocycles. The highest BCUT2D eigenvalue weighted by Gasteiger charge is 2.28. The van der Waals surface area contributed by atoms with Crippen LogP contribution in [0.2, 0.25) is 0 Å². The van der Waals surface area contributed by atoms with E-state index in [0.717, 1.165) is 65.8 Å². The number of carbonyl (C=O) groups excluding carboxylic acids is 2. The number of rotatable bonds is 6. The number of aryl methyl sites for hydroxylation is 2. The maximum atomic E-state index is 12.6. The van der Waals surface area contributed by atoms with Crippen molar-refractivity contribution in [3.8, 4) is 0 Å². The molecule has 6 nitrogen and oxygen atoms in total. The highest BCUT2D eigenvalue weighted by molar-refractivity contribution is 7.20. The molecule has 0 unspecified atom stereocenters. The first-order chi connectivity index (χ1) is 13.0. The van der Waals surface area contributed by atoms with Gasteiger partial charge in [-0.3, -0.25) is 9.59 Å². The normalized spacial score (nSPS) is 17.4. The second kappa shape index (κ2) is 7.54. The van der Waals surface area contributed by atoms with Gasteiger partial charge in [0.05, 0.1) is 10.6 Å². The number of nitrogens with zero attached hydrogens (tertiary/aromatic N) is 2. The summed E-state index contributed by atoms with van der Waals surface area (Å²) in [4.78, 5) is 35.6. The Kier molecular flexibility index (Phi) is 5.12. The number of nitrogens with one attached hydrogen (secondary N) is 2. The molecule has 2 aliphatic carbocycles. The molecule has 2 aliphatic rings. The summed E-state index contributed by atoms with van der Waals surface area (Å²) in [6, 6.07) is 0. The quantitative estimate of drug-likeness (QED) is 0.747. The molecular formula is C20H26N4O2S. The van der Waals surface area contributed by atoms with E-state index in [0.29, 0.717) is 23.9 Å². The van der Waals surface area contributed by atoms with E-state index in [1.54, 1.807) is 0 Å². The average Bonchev–Trinajstić information content (AvgIpc) is 3.24. The van der Waals surface area contributed by atoms with Crippen LogP contribution in [0.5, 0.6) is 0 Å². The van der Waals surface area contributed by atoms with E-state index in [1.807, 2.05) is 13.8 Å². The average molecular weight is 387 g/mol. The first-order valence-electron chi connectivity index (χ1n) is 9.88. The maximum absolute atomic E-state index is 12.6. The largest absolute Gasteiger partial charge is 0.354 e. The molecule has 2 N–H and O–H groups in total. The number of carbonyl (C=O) groups is 2. The van der Waals surface area contributed by atoms with Gasteiger partial charge in [0.2, 0.25) is 5.91 Å². The second-order valence-electron chi connectivity index (χ2n) is 7.71. The van der Waals surface area contributed by atoms with E-state index in [2.05, 4.69) is 15.6 Å². The van der Waals surface area contributed by atoms with E-state index < -0.39 is 0 Å². The fourth-order valence-corrected chi connectivity index (χ4v) is 5.03. The fraction of sp³-hybridized carbons (Fsp3) is 0.600. The Hall–Kier alpha value is -2.02. The summed E-state index contributed by atoms with van der Waals surface area (Å²) in [6.07, 6.45) is 6.59. The van der Waals surface area contributed by atoms with Crippen LogP contribution in [-0.4, -0.2) is 34.9 Å². The summed E-state index contributed by atoms with van der Waals surface area (Å²) in [5.74, 6) is 1.60. The number of hydrogen-bond donors (Lipinski definition) is 2. The Balaban J connectivity index is 1.38. The molecule has 0 aliphatic heterocycles. The van der Waals surface area contributed by atoms with Crippen molar-refractivity contribution in [3.63, 3.8) is 0 Å². The van der Waals surface area contributed by atoms with Gasteiger partial charge in [0, 0.05) is 30.3 Å². The lowest BCUT2D eigenvalue weighted by atomic mass is 10.1. The fourth-order valence-electron chi connectivity index (χ4n) is 3.87. The molecule has 144 valence electrons. The van der Waals surface area contributed by atoms with Gasteiger partial charge < -0.3 is 10.6 Å². The molecule has 0 saturated heterocycles. The van der Waals surface area contributed by atoms with Gasteiger partial charge in [0.25, 0.3) is 5.91 Å². The summed E-state index contributed by atoms with van der Waals surface area (Å²) < 4.78 is 0. The second-order valence-corrected chi connectivity index (χ2v) is 8.71. The highest BCUT2D eigenvalue weighted by atomic mass is 32.1. The van der Waals surface area contributed by atoms with E-state index in [1.165, 1.54) is 11.3 Å². The lowest BCUT2D eigenvalue weighted by molar-refractivity contribution is -0.124. The Labute approximate surface area is 163 Å². The van der Waals surface area contributed by atoms with Crippen LogP contribution in [0.15, 0.2) is 0 Å². The van der Waals surface area contributed by atoms with Crippen LogP contribution < -0.4 is 10.6 Å². The summed E-state index contributed by atoms with van der Waals surface area (Å²) in [6.45, 7) is 4.86. The molecule has 4 rings (SSSR count). The lowest BCUT2D eigenvalue weighted by Crippen LogP contribution is -2.37. The third-order valence-electron chi connectivity index (χ3n) is 5.57. The minimum absolute atomic E-state index is 0.0991. The first kappa shape index (κ1) is 18.3. The van der Waals surface area contributed by atoms with Crippen molar-refractivity contribution >= 4 is 33.4 Å². The molecule has 0 aromatic carbocycles. The summed E-state index contributed by atoms with van der Waals surface area (Å²) in [5, 5.41) is 6.86. The first-order valence-corrected chi connectivity index (χ1v) is 10.7. The van der Waals surface area contributed by atoms with Crippen LogP contribution in [0.25, 0.3) is 10.2 Å². The van der Waals surface area contributed by atoms with E-state index >= 15 is 0 Å². The van der Waals surface area contributed by atoms with Gasteiger partial charge >= 0.3 is 0 Å². The van der Waals surface area contributed by atoms with Crippen LogP contribution in [0.3, 0.4) is 0 Å². The monoisotopic (exact) mass is 386 g/mol. The van der Waals surface area contributed by atoms with Crippen LogP contribution in [0, 0.1) is 19.8 Å². The van der Waals surface area contributed by atoms with Crippen molar-refractivity contribution < 1.29 is 9.59 Å². The molecule has 2 aromatic heterocycles. The minimum atomic E-state index is -0.0991. The number of thiophene rings is 1. The molecule has 0 spiro atoms. The highest BCUT2D eigenvalue weighted by Crippen LogP contribution is 2.40. The summed E-state index contributed by atoms with van der Waals surface area (Å²) >= 11 is 1.44. The van der Waals surface area contributed by atoms with Gasteiger partial charge in [0.15, 0.2) is 0 Å². The van der Waals surface area contributed by atoms with Crippen molar-refractivity contribution in [2.75, 3.05) is 13.1 Å². The molecule has 0 bridgehead atoms. The van der Waals surface area contributed by atoms with E-state index in [9.17, 15) is 9.59 Å². The van der Waals surface area contributed by atoms with Crippen molar-refractivity contribution in [2.24, 2.45) is 5.92 Å². The standard InChI is InChI=1S/C20H26N4O2S/c1-11-15-12(2)23-17(13-7-8-13)24-20(15)27-16(11)19(26)22-10-9-21-18(25)14-5-3-4-6-14/h13-14H,3-10H2,1-2H3,(H,21,25)(H,22,26). The number of aromatic nitrogens is 2. The lowest BCUT2D eigenvalue weighted by Gasteiger charge is -2.10. The van der Waals surface area contributed by atoms with E-state index in [-0.39, 0.29) is 17.7 Å². The zero-order chi connectivity index (χ0) is 19.0.